The van der Waals surface area contributed by atoms with E-state index in [0.717, 1.165) is 12.4 Å². The smallest absolute Gasteiger partial charge is 0.298 e. The minimum Gasteiger partial charge on any atom is -0.298 e. The standard InChI is InChI=1S/C15H12F3NO/c1-9-7-12(10(2)6-11(9)8-20)13-4-3-5-14(19-13)15(16,17)18/h3-8H,1-2H3. The summed E-state index contributed by atoms with van der Waals surface area (Å²) in [6, 6.07) is 7.12. The van der Waals surface area contributed by atoms with E-state index in [1.54, 1.807) is 26.0 Å². The first-order chi connectivity index (χ1) is 9.32. The first-order valence-electron chi connectivity index (χ1n) is 5.94. The lowest BCUT2D eigenvalue weighted by Gasteiger charge is -2.11. The Hall–Kier alpha value is -2.17. The summed E-state index contributed by atoms with van der Waals surface area (Å²) in [6.45, 7) is 3.48. The van der Waals surface area contributed by atoms with Gasteiger partial charge in [-0.05, 0) is 49.2 Å². The fraction of sp³-hybridized carbons (Fsp3) is 0.200. The van der Waals surface area contributed by atoms with Crippen LogP contribution in [0.25, 0.3) is 11.3 Å². The zero-order chi connectivity index (χ0) is 14.9. The first kappa shape index (κ1) is 14.2. The third-order valence-corrected chi connectivity index (χ3v) is 3.06. The van der Waals surface area contributed by atoms with Crippen molar-refractivity contribution in [1.29, 1.82) is 0 Å². The average Bonchev–Trinajstić information content (AvgIpc) is 2.40. The number of carbonyl (C=O) groups excluding carboxylic acids is 1. The summed E-state index contributed by atoms with van der Waals surface area (Å²) < 4.78 is 38.0. The van der Waals surface area contributed by atoms with E-state index in [1.807, 2.05) is 0 Å². The van der Waals surface area contributed by atoms with Gasteiger partial charge in [-0.15, -0.1) is 0 Å². The highest BCUT2D eigenvalue weighted by Gasteiger charge is 2.32. The van der Waals surface area contributed by atoms with Gasteiger partial charge in [-0.25, -0.2) is 4.98 Å². The molecule has 0 fully saturated rings. The van der Waals surface area contributed by atoms with Gasteiger partial charge < -0.3 is 0 Å². The summed E-state index contributed by atoms with van der Waals surface area (Å²) in [4.78, 5) is 14.5. The van der Waals surface area contributed by atoms with Crippen LogP contribution in [-0.4, -0.2) is 11.3 Å². The molecule has 104 valence electrons. The predicted molar refractivity (Wildman–Crippen MR) is 69.5 cm³/mol. The predicted octanol–water partition coefficient (Wildman–Crippen LogP) is 4.20. The quantitative estimate of drug-likeness (QED) is 0.771. The lowest BCUT2D eigenvalue weighted by atomic mass is 9.98. The van der Waals surface area contributed by atoms with Gasteiger partial charge in [-0.3, -0.25) is 4.79 Å². The maximum absolute atomic E-state index is 12.7. The number of carbonyl (C=O) groups is 1. The van der Waals surface area contributed by atoms with Crippen LogP contribution in [0.15, 0.2) is 30.3 Å². The summed E-state index contributed by atoms with van der Waals surface area (Å²) in [5.41, 5.74) is 1.87. The van der Waals surface area contributed by atoms with Crippen molar-refractivity contribution < 1.29 is 18.0 Å². The van der Waals surface area contributed by atoms with E-state index in [4.69, 9.17) is 0 Å². The van der Waals surface area contributed by atoms with Crippen molar-refractivity contribution >= 4 is 6.29 Å². The van der Waals surface area contributed by atoms with E-state index < -0.39 is 11.9 Å². The van der Waals surface area contributed by atoms with Crippen LogP contribution in [0.1, 0.15) is 27.2 Å². The Kier molecular flexibility index (Phi) is 3.61. The molecule has 2 nitrogen and oxygen atoms in total. The molecule has 0 saturated heterocycles. The Morgan fingerprint density at radius 1 is 1.10 bits per heavy atom. The van der Waals surface area contributed by atoms with Gasteiger partial charge in [0.1, 0.15) is 12.0 Å². The van der Waals surface area contributed by atoms with Crippen LogP contribution in [0, 0.1) is 13.8 Å². The molecule has 2 aromatic rings. The van der Waals surface area contributed by atoms with Crippen LogP contribution in [0.3, 0.4) is 0 Å². The number of alkyl halides is 3. The number of aromatic nitrogens is 1. The molecule has 0 unspecified atom stereocenters. The van der Waals surface area contributed by atoms with Crippen molar-refractivity contribution in [1.82, 2.24) is 4.98 Å². The highest BCUT2D eigenvalue weighted by molar-refractivity contribution is 5.80. The monoisotopic (exact) mass is 279 g/mol. The lowest BCUT2D eigenvalue weighted by Crippen LogP contribution is -2.08. The summed E-state index contributed by atoms with van der Waals surface area (Å²) in [5, 5.41) is 0. The number of aryl methyl sites for hydroxylation is 2. The zero-order valence-electron chi connectivity index (χ0n) is 11.0. The molecule has 0 radical (unpaired) electrons. The van der Waals surface area contributed by atoms with Gasteiger partial charge in [-0.1, -0.05) is 6.07 Å². The highest BCUT2D eigenvalue weighted by atomic mass is 19.4. The second-order valence-electron chi connectivity index (χ2n) is 4.55. The fourth-order valence-electron chi connectivity index (χ4n) is 1.98. The number of halogens is 3. The minimum atomic E-state index is -4.47. The molecule has 0 aliphatic carbocycles. The Bertz CT molecular complexity index is 663. The van der Waals surface area contributed by atoms with Crippen LogP contribution >= 0.6 is 0 Å². The fourth-order valence-corrected chi connectivity index (χ4v) is 1.98. The van der Waals surface area contributed by atoms with Gasteiger partial charge in [0.2, 0.25) is 0 Å². The van der Waals surface area contributed by atoms with E-state index in [1.165, 1.54) is 12.1 Å². The largest absolute Gasteiger partial charge is 0.433 e. The van der Waals surface area contributed by atoms with Gasteiger partial charge in [-0.2, -0.15) is 13.2 Å². The Morgan fingerprint density at radius 2 is 1.80 bits per heavy atom. The maximum Gasteiger partial charge on any atom is 0.433 e. The van der Waals surface area contributed by atoms with Gasteiger partial charge in [0.05, 0.1) is 5.69 Å². The molecule has 0 aliphatic rings. The molecular formula is C15H12F3NO. The molecule has 0 bridgehead atoms. The third-order valence-electron chi connectivity index (χ3n) is 3.06. The zero-order valence-corrected chi connectivity index (χ0v) is 11.0. The van der Waals surface area contributed by atoms with E-state index in [9.17, 15) is 18.0 Å². The lowest BCUT2D eigenvalue weighted by molar-refractivity contribution is -0.141. The molecule has 5 heteroatoms. The molecule has 0 atom stereocenters. The van der Waals surface area contributed by atoms with Gasteiger partial charge >= 0.3 is 6.18 Å². The van der Waals surface area contributed by atoms with Crippen LogP contribution < -0.4 is 0 Å². The van der Waals surface area contributed by atoms with Crippen molar-refractivity contribution in [3.8, 4) is 11.3 Å². The van der Waals surface area contributed by atoms with Crippen LogP contribution in [-0.2, 0) is 6.18 Å². The van der Waals surface area contributed by atoms with E-state index in [-0.39, 0.29) is 5.69 Å². The van der Waals surface area contributed by atoms with Gasteiger partial charge in [0.15, 0.2) is 0 Å². The minimum absolute atomic E-state index is 0.248. The molecule has 1 heterocycles. The van der Waals surface area contributed by atoms with Gasteiger partial charge in [0, 0.05) is 11.1 Å². The topological polar surface area (TPSA) is 30.0 Å². The third kappa shape index (κ3) is 2.71. The van der Waals surface area contributed by atoms with Crippen molar-refractivity contribution in [3.63, 3.8) is 0 Å². The highest BCUT2D eigenvalue weighted by Crippen LogP contribution is 2.31. The Balaban J connectivity index is 2.57. The molecule has 0 N–H and O–H groups in total. The number of nitrogens with zero attached hydrogens (tertiary/aromatic N) is 1. The molecule has 0 saturated carbocycles. The number of rotatable bonds is 2. The summed E-state index contributed by atoms with van der Waals surface area (Å²) in [6.07, 6.45) is -3.74. The molecule has 2 rings (SSSR count). The SMILES string of the molecule is Cc1cc(-c2cccc(C(F)(F)F)n2)c(C)cc1C=O. The normalized spacial score (nSPS) is 11.4. The van der Waals surface area contributed by atoms with Crippen molar-refractivity contribution in [3.05, 3.63) is 52.7 Å². The molecule has 0 spiro atoms. The van der Waals surface area contributed by atoms with Crippen molar-refractivity contribution in [2.24, 2.45) is 0 Å². The summed E-state index contributed by atoms with van der Waals surface area (Å²) in [5.74, 6) is 0. The molecule has 1 aromatic heterocycles. The number of benzene rings is 1. The van der Waals surface area contributed by atoms with Crippen molar-refractivity contribution in [2.75, 3.05) is 0 Å². The number of aldehydes is 1. The van der Waals surface area contributed by atoms with E-state index in [2.05, 4.69) is 4.98 Å². The number of hydrogen-bond donors (Lipinski definition) is 0. The second kappa shape index (κ2) is 5.07. The van der Waals surface area contributed by atoms with Crippen molar-refractivity contribution in [2.45, 2.75) is 20.0 Å². The number of hydrogen-bond acceptors (Lipinski definition) is 2. The van der Waals surface area contributed by atoms with E-state index in [0.29, 0.717) is 22.3 Å². The molecule has 0 amide bonds. The first-order valence-corrected chi connectivity index (χ1v) is 5.94. The van der Waals surface area contributed by atoms with Crippen LogP contribution in [0.4, 0.5) is 13.2 Å². The van der Waals surface area contributed by atoms with Crippen LogP contribution in [0.5, 0.6) is 0 Å². The molecular weight excluding hydrogens is 267 g/mol. The maximum atomic E-state index is 12.7. The van der Waals surface area contributed by atoms with Crippen LogP contribution in [0.2, 0.25) is 0 Å². The molecule has 0 aliphatic heterocycles. The molecule has 1 aromatic carbocycles. The Morgan fingerprint density at radius 3 is 2.40 bits per heavy atom. The summed E-state index contributed by atoms with van der Waals surface area (Å²) >= 11 is 0. The van der Waals surface area contributed by atoms with Gasteiger partial charge in [0.25, 0.3) is 0 Å². The number of pyridine rings is 1. The second-order valence-corrected chi connectivity index (χ2v) is 4.55. The molecule has 20 heavy (non-hydrogen) atoms. The Labute approximate surface area is 114 Å². The average molecular weight is 279 g/mol. The van der Waals surface area contributed by atoms with E-state index >= 15 is 0 Å². The summed E-state index contributed by atoms with van der Waals surface area (Å²) in [7, 11) is 0.